The summed E-state index contributed by atoms with van der Waals surface area (Å²) in [6.07, 6.45) is 1.92. The van der Waals surface area contributed by atoms with Gasteiger partial charge < -0.3 is 10.1 Å². The molecule has 1 fully saturated rings. The van der Waals surface area contributed by atoms with Gasteiger partial charge in [-0.3, -0.25) is 9.69 Å². The third-order valence-corrected chi connectivity index (χ3v) is 5.53. The molecule has 1 unspecified atom stereocenters. The molecule has 2 aromatic rings. The molecule has 0 bridgehead atoms. The monoisotopic (exact) mass is 390 g/mol. The first-order valence-electron chi connectivity index (χ1n) is 8.71. The topological polar surface area (TPSA) is 41.6 Å². The van der Waals surface area contributed by atoms with E-state index in [2.05, 4.69) is 10.2 Å². The molecular formula is C20H23ClN2O2S. The van der Waals surface area contributed by atoms with E-state index in [4.69, 9.17) is 16.3 Å². The summed E-state index contributed by atoms with van der Waals surface area (Å²) in [5.41, 5.74) is 1.86. The highest BCUT2D eigenvalue weighted by Gasteiger charge is 2.23. The highest BCUT2D eigenvalue weighted by Crippen LogP contribution is 2.23. The largest absolute Gasteiger partial charge is 0.379 e. The number of morpholine rings is 1. The fourth-order valence-corrected chi connectivity index (χ4v) is 3.86. The molecule has 26 heavy (non-hydrogen) atoms. The lowest BCUT2D eigenvalue weighted by Gasteiger charge is -2.35. The molecule has 0 saturated carbocycles. The maximum Gasteiger partial charge on any atom is 0.247 e. The number of carbonyl (C=O) groups is 1. The smallest absolute Gasteiger partial charge is 0.247 e. The molecule has 0 aliphatic carbocycles. The van der Waals surface area contributed by atoms with Gasteiger partial charge in [-0.05, 0) is 42.1 Å². The molecule has 0 radical (unpaired) electrons. The number of hydrogen-bond donors (Lipinski definition) is 1. The van der Waals surface area contributed by atoms with Gasteiger partial charge in [0.05, 0.1) is 19.3 Å². The van der Waals surface area contributed by atoms with Gasteiger partial charge in [0, 0.05) is 35.1 Å². The second-order valence-corrected chi connectivity index (χ2v) is 7.68. The molecule has 4 nitrogen and oxygen atoms in total. The minimum Gasteiger partial charge on any atom is -0.379 e. The number of hydrogen-bond acceptors (Lipinski definition) is 4. The number of ether oxygens (including phenoxy) is 1. The fourth-order valence-electron chi connectivity index (χ4n) is 3.01. The second kappa shape index (κ2) is 9.33. The van der Waals surface area contributed by atoms with Crippen molar-refractivity contribution in [2.45, 2.75) is 13.0 Å². The summed E-state index contributed by atoms with van der Waals surface area (Å²) in [4.78, 5) is 15.9. The van der Waals surface area contributed by atoms with Crippen molar-refractivity contribution in [3.8, 4) is 0 Å². The van der Waals surface area contributed by atoms with Crippen molar-refractivity contribution in [3.63, 3.8) is 0 Å². The van der Waals surface area contributed by atoms with Crippen LogP contribution in [0.3, 0.4) is 0 Å². The molecule has 1 aromatic heterocycles. The van der Waals surface area contributed by atoms with Gasteiger partial charge in [0.15, 0.2) is 0 Å². The normalized spacial score (nSPS) is 17.1. The van der Waals surface area contributed by atoms with Crippen molar-refractivity contribution in [3.05, 3.63) is 62.8 Å². The lowest BCUT2D eigenvalue weighted by molar-refractivity contribution is -0.117. The zero-order valence-corrected chi connectivity index (χ0v) is 16.4. The van der Waals surface area contributed by atoms with E-state index in [1.54, 1.807) is 11.3 Å². The minimum absolute atomic E-state index is 0.0365. The molecule has 138 valence electrons. The number of carbonyl (C=O) groups excluding carboxylic acids is 1. The highest BCUT2D eigenvalue weighted by atomic mass is 35.5. The third-order valence-electron chi connectivity index (χ3n) is 4.46. The van der Waals surface area contributed by atoms with Crippen molar-refractivity contribution in [2.24, 2.45) is 0 Å². The van der Waals surface area contributed by atoms with Crippen LogP contribution in [0.2, 0.25) is 5.02 Å². The van der Waals surface area contributed by atoms with Crippen LogP contribution < -0.4 is 5.32 Å². The first kappa shape index (κ1) is 19.1. The maximum atomic E-state index is 12.5. The van der Waals surface area contributed by atoms with E-state index in [9.17, 15) is 4.79 Å². The van der Waals surface area contributed by atoms with Gasteiger partial charge in [0.1, 0.15) is 0 Å². The first-order valence-corrected chi connectivity index (χ1v) is 9.96. The van der Waals surface area contributed by atoms with Crippen LogP contribution in [-0.4, -0.2) is 43.7 Å². The van der Waals surface area contributed by atoms with Crippen LogP contribution in [0, 0.1) is 0 Å². The number of nitrogens with zero attached hydrogens (tertiary/aromatic N) is 1. The summed E-state index contributed by atoms with van der Waals surface area (Å²) in [5.74, 6) is -0.0365. The zero-order valence-electron chi connectivity index (χ0n) is 14.8. The van der Waals surface area contributed by atoms with Gasteiger partial charge in [0.2, 0.25) is 5.91 Å². The van der Waals surface area contributed by atoms with Crippen molar-refractivity contribution < 1.29 is 9.53 Å². The van der Waals surface area contributed by atoms with E-state index in [0.29, 0.717) is 17.1 Å². The van der Waals surface area contributed by atoms with E-state index >= 15 is 0 Å². The standard InChI is InChI=1S/C20H23ClN2O2S/c1-15(13-18-3-2-12-26-18)20(24)22-14-19(23-8-10-25-11-9-23)16-4-6-17(21)7-5-16/h2-7,12-13,19H,8-11,14H2,1H3,(H,22,24)/b15-13+. The van der Waals surface area contributed by atoms with Gasteiger partial charge in [-0.1, -0.05) is 29.8 Å². The summed E-state index contributed by atoms with van der Waals surface area (Å²) < 4.78 is 5.47. The lowest BCUT2D eigenvalue weighted by atomic mass is 10.0. The molecule has 1 amide bonds. The van der Waals surface area contributed by atoms with E-state index in [1.807, 2.05) is 54.8 Å². The maximum absolute atomic E-state index is 12.5. The molecule has 1 atom stereocenters. The highest BCUT2D eigenvalue weighted by molar-refractivity contribution is 7.10. The second-order valence-electron chi connectivity index (χ2n) is 6.27. The van der Waals surface area contributed by atoms with E-state index in [1.165, 1.54) is 0 Å². The van der Waals surface area contributed by atoms with Gasteiger partial charge >= 0.3 is 0 Å². The van der Waals surface area contributed by atoms with Crippen LogP contribution in [-0.2, 0) is 9.53 Å². The van der Waals surface area contributed by atoms with Crippen LogP contribution >= 0.6 is 22.9 Å². The Hall–Kier alpha value is -1.66. The van der Waals surface area contributed by atoms with Crippen LogP contribution in [0.4, 0.5) is 0 Å². The van der Waals surface area contributed by atoms with Crippen LogP contribution in [0.15, 0.2) is 47.4 Å². The molecule has 2 heterocycles. The van der Waals surface area contributed by atoms with Crippen molar-refractivity contribution in [1.29, 1.82) is 0 Å². The predicted octanol–water partition coefficient (Wildman–Crippen LogP) is 3.99. The van der Waals surface area contributed by atoms with Crippen molar-refractivity contribution in [1.82, 2.24) is 10.2 Å². The molecule has 1 aliphatic rings. The third kappa shape index (κ3) is 5.17. The Kier molecular flexibility index (Phi) is 6.86. The Morgan fingerprint density at radius 3 is 2.69 bits per heavy atom. The number of rotatable bonds is 6. The molecule has 6 heteroatoms. The average molecular weight is 391 g/mol. The van der Waals surface area contributed by atoms with Gasteiger partial charge in [-0.2, -0.15) is 0 Å². The van der Waals surface area contributed by atoms with E-state index in [-0.39, 0.29) is 11.9 Å². The van der Waals surface area contributed by atoms with Crippen LogP contribution in [0.25, 0.3) is 6.08 Å². The van der Waals surface area contributed by atoms with E-state index < -0.39 is 0 Å². The lowest BCUT2D eigenvalue weighted by Crippen LogP contribution is -2.43. The van der Waals surface area contributed by atoms with Crippen LogP contribution in [0.5, 0.6) is 0 Å². The molecular weight excluding hydrogens is 368 g/mol. The molecule has 0 spiro atoms. The van der Waals surface area contributed by atoms with Gasteiger partial charge in [-0.15, -0.1) is 11.3 Å². The first-order chi connectivity index (χ1) is 12.6. The zero-order chi connectivity index (χ0) is 18.4. The number of benzene rings is 1. The van der Waals surface area contributed by atoms with Crippen molar-refractivity contribution in [2.75, 3.05) is 32.8 Å². The van der Waals surface area contributed by atoms with Crippen LogP contribution in [0.1, 0.15) is 23.4 Å². The summed E-state index contributed by atoms with van der Waals surface area (Å²) in [6.45, 7) is 5.54. The Labute approximate surface area is 163 Å². The number of nitrogens with one attached hydrogen (secondary N) is 1. The van der Waals surface area contributed by atoms with E-state index in [0.717, 1.165) is 36.7 Å². The summed E-state index contributed by atoms with van der Waals surface area (Å²) in [5, 5.41) is 5.81. The Balaban J connectivity index is 1.69. The fraction of sp³-hybridized carbons (Fsp3) is 0.350. The summed E-state index contributed by atoms with van der Waals surface area (Å²) >= 11 is 7.65. The summed E-state index contributed by atoms with van der Waals surface area (Å²) in [7, 11) is 0. The molecule has 1 aliphatic heterocycles. The Morgan fingerprint density at radius 1 is 1.31 bits per heavy atom. The number of halogens is 1. The summed E-state index contributed by atoms with van der Waals surface area (Å²) in [6, 6.07) is 11.9. The average Bonchev–Trinajstić information content (AvgIpc) is 3.17. The predicted molar refractivity (Wildman–Crippen MR) is 108 cm³/mol. The Bertz CT molecular complexity index is 738. The van der Waals surface area contributed by atoms with Crippen molar-refractivity contribution >= 4 is 34.9 Å². The van der Waals surface area contributed by atoms with Gasteiger partial charge in [-0.25, -0.2) is 0 Å². The molecule has 1 saturated heterocycles. The quantitative estimate of drug-likeness (QED) is 0.758. The number of amides is 1. The Morgan fingerprint density at radius 2 is 2.04 bits per heavy atom. The van der Waals surface area contributed by atoms with Gasteiger partial charge in [0.25, 0.3) is 0 Å². The SMILES string of the molecule is C/C(=C\c1cccs1)C(=O)NCC(c1ccc(Cl)cc1)N1CCOCC1. The number of thiophene rings is 1. The molecule has 3 rings (SSSR count). The minimum atomic E-state index is -0.0365. The molecule has 1 N–H and O–H groups in total. The molecule has 1 aromatic carbocycles.